The average molecular weight is 312 g/mol. The molecular weight excluding hydrogens is 289 g/mol. The number of carbonyl (C=O) groups excluding carboxylic acids is 1. The van der Waals surface area contributed by atoms with Crippen molar-refractivity contribution >= 4 is 12.0 Å². The number of carboxylic acids is 1. The molecule has 2 N–H and O–H groups in total. The van der Waals surface area contributed by atoms with Crippen LogP contribution in [-0.4, -0.2) is 47.8 Å². The maximum Gasteiger partial charge on any atom is 0.406 e. The van der Waals surface area contributed by atoms with E-state index in [-0.39, 0.29) is 18.5 Å². The first kappa shape index (κ1) is 19.5. The standard InChI is InChI=1S/C13H23F3N2O3/c1-5-18(8-13(14,15)16)11(21)17-7-9(10(19)20)6-12(2,3)4/h9H,5-8H2,1-4H3,(H,17,21)(H,19,20). The van der Waals surface area contributed by atoms with E-state index >= 15 is 0 Å². The van der Waals surface area contributed by atoms with Crippen LogP contribution in [0.15, 0.2) is 0 Å². The first-order valence-electron chi connectivity index (χ1n) is 6.68. The molecule has 0 fully saturated rings. The van der Waals surface area contributed by atoms with E-state index in [1.54, 1.807) is 0 Å². The number of hydrogen-bond donors (Lipinski definition) is 2. The molecule has 124 valence electrons. The lowest BCUT2D eigenvalue weighted by atomic mass is 9.84. The number of carbonyl (C=O) groups is 2. The molecular formula is C13H23F3N2O3. The highest BCUT2D eigenvalue weighted by Gasteiger charge is 2.33. The number of carboxylic acid groups (broad SMARTS) is 1. The molecule has 0 spiro atoms. The van der Waals surface area contributed by atoms with E-state index in [0.29, 0.717) is 11.3 Å². The van der Waals surface area contributed by atoms with Gasteiger partial charge in [0.05, 0.1) is 5.92 Å². The van der Waals surface area contributed by atoms with Crippen molar-refractivity contribution in [1.29, 1.82) is 0 Å². The Morgan fingerprint density at radius 2 is 1.76 bits per heavy atom. The van der Waals surface area contributed by atoms with E-state index < -0.39 is 30.6 Å². The molecule has 1 atom stereocenters. The summed E-state index contributed by atoms with van der Waals surface area (Å²) in [6.07, 6.45) is -4.17. The second-order valence-electron chi connectivity index (χ2n) is 6.12. The minimum Gasteiger partial charge on any atom is -0.481 e. The summed E-state index contributed by atoms with van der Waals surface area (Å²) in [5.41, 5.74) is -0.260. The zero-order chi connectivity index (χ0) is 16.8. The Morgan fingerprint density at radius 1 is 1.24 bits per heavy atom. The molecule has 0 aromatic carbocycles. The third kappa shape index (κ3) is 9.14. The zero-order valence-electron chi connectivity index (χ0n) is 12.8. The average Bonchev–Trinajstić information content (AvgIpc) is 2.28. The van der Waals surface area contributed by atoms with Gasteiger partial charge >= 0.3 is 18.2 Å². The van der Waals surface area contributed by atoms with Gasteiger partial charge in [-0.2, -0.15) is 13.2 Å². The van der Waals surface area contributed by atoms with Gasteiger partial charge in [0.1, 0.15) is 6.54 Å². The lowest BCUT2D eigenvalue weighted by Gasteiger charge is -2.26. The number of hydrogen-bond acceptors (Lipinski definition) is 2. The lowest BCUT2D eigenvalue weighted by Crippen LogP contribution is -2.46. The van der Waals surface area contributed by atoms with Gasteiger partial charge in [0.15, 0.2) is 0 Å². The first-order valence-corrected chi connectivity index (χ1v) is 6.68. The molecule has 0 heterocycles. The SMILES string of the molecule is CCN(CC(F)(F)F)C(=O)NCC(CC(C)(C)C)C(=O)O. The van der Waals surface area contributed by atoms with Crippen molar-refractivity contribution in [2.45, 2.75) is 40.3 Å². The molecule has 1 unspecified atom stereocenters. The molecule has 0 bridgehead atoms. The molecule has 0 aliphatic heterocycles. The summed E-state index contributed by atoms with van der Waals surface area (Å²) in [5, 5.41) is 11.4. The molecule has 0 aromatic rings. The third-order valence-electron chi connectivity index (χ3n) is 2.75. The van der Waals surface area contributed by atoms with Crippen LogP contribution in [0.2, 0.25) is 0 Å². The van der Waals surface area contributed by atoms with E-state index in [9.17, 15) is 22.8 Å². The maximum absolute atomic E-state index is 12.3. The van der Waals surface area contributed by atoms with Crippen LogP contribution in [0, 0.1) is 11.3 Å². The van der Waals surface area contributed by atoms with E-state index in [2.05, 4.69) is 5.32 Å². The number of alkyl halides is 3. The van der Waals surface area contributed by atoms with Gasteiger partial charge in [-0.1, -0.05) is 20.8 Å². The van der Waals surface area contributed by atoms with Gasteiger partial charge in [-0.25, -0.2) is 4.79 Å². The molecule has 0 saturated carbocycles. The smallest absolute Gasteiger partial charge is 0.406 e. The van der Waals surface area contributed by atoms with E-state index in [1.807, 2.05) is 20.8 Å². The van der Waals surface area contributed by atoms with Gasteiger partial charge in [0, 0.05) is 13.1 Å². The van der Waals surface area contributed by atoms with Crippen LogP contribution < -0.4 is 5.32 Å². The highest BCUT2D eigenvalue weighted by molar-refractivity contribution is 5.76. The minimum absolute atomic E-state index is 0.109. The predicted molar refractivity (Wildman–Crippen MR) is 71.9 cm³/mol. The van der Waals surface area contributed by atoms with Gasteiger partial charge in [0.25, 0.3) is 0 Å². The molecule has 0 aliphatic carbocycles. The van der Waals surface area contributed by atoms with Crippen molar-refractivity contribution in [2.75, 3.05) is 19.6 Å². The quantitative estimate of drug-likeness (QED) is 0.792. The highest BCUT2D eigenvalue weighted by atomic mass is 19.4. The summed E-state index contributed by atoms with van der Waals surface area (Å²) in [5.74, 6) is -1.91. The summed E-state index contributed by atoms with van der Waals surface area (Å²) in [7, 11) is 0. The van der Waals surface area contributed by atoms with Crippen molar-refractivity contribution in [3.8, 4) is 0 Å². The lowest BCUT2D eigenvalue weighted by molar-refractivity contribution is -0.143. The maximum atomic E-state index is 12.3. The second kappa shape index (κ2) is 7.51. The van der Waals surface area contributed by atoms with Crippen molar-refractivity contribution in [3.05, 3.63) is 0 Å². The fourth-order valence-electron chi connectivity index (χ4n) is 1.85. The molecule has 5 nitrogen and oxygen atoms in total. The summed E-state index contributed by atoms with van der Waals surface area (Å²) < 4.78 is 36.9. The molecule has 0 radical (unpaired) electrons. The topological polar surface area (TPSA) is 69.6 Å². The normalized spacial score (nSPS) is 13.7. The molecule has 0 aliphatic rings. The number of rotatable bonds is 6. The van der Waals surface area contributed by atoms with Crippen molar-refractivity contribution < 1.29 is 27.9 Å². The highest BCUT2D eigenvalue weighted by Crippen LogP contribution is 2.24. The van der Waals surface area contributed by atoms with Crippen LogP contribution in [0.4, 0.5) is 18.0 Å². The largest absolute Gasteiger partial charge is 0.481 e. The van der Waals surface area contributed by atoms with Crippen molar-refractivity contribution in [3.63, 3.8) is 0 Å². The molecule has 0 saturated heterocycles. The monoisotopic (exact) mass is 312 g/mol. The van der Waals surface area contributed by atoms with E-state index in [1.165, 1.54) is 6.92 Å². The third-order valence-corrected chi connectivity index (χ3v) is 2.75. The van der Waals surface area contributed by atoms with Gasteiger partial charge in [-0.05, 0) is 18.8 Å². The minimum atomic E-state index is -4.48. The number of nitrogens with zero attached hydrogens (tertiary/aromatic N) is 1. The van der Waals surface area contributed by atoms with Gasteiger partial charge in [0.2, 0.25) is 0 Å². The number of aliphatic carboxylic acids is 1. The van der Waals surface area contributed by atoms with Crippen LogP contribution in [0.25, 0.3) is 0 Å². The summed E-state index contributed by atoms with van der Waals surface area (Å²) in [4.78, 5) is 23.4. The zero-order valence-corrected chi connectivity index (χ0v) is 12.8. The number of amides is 2. The Morgan fingerprint density at radius 3 is 2.10 bits per heavy atom. The fraction of sp³-hybridized carbons (Fsp3) is 0.846. The Kier molecular flexibility index (Phi) is 6.99. The van der Waals surface area contributed by atoms with Crippen LogP contribution in [0.3, 0.4) is 0 Å². The summed E-state index contributed by atoms with van der Waals surface area (Å²) in [6.45, 7) is 5.33. The number of urea groups is 1. The van der Waals surface area contributed by atoms with Crippen LogP contribution in [-0.2, 0) is 4.79 Å². The Bertz CT molecular complexity index is 365. The number of halogens is 3. The van der Waals surface area contributed by atoms with Crippen molar-refractivity contribution in [1.82, 2.24) is 10.2 Å². The Hall–Kier alpha value is -1.47. The molecule has 0 aromatic heterocycles. The van der Waals surface area contributed by atoms with Crippen LogP contribution >= 0.6 is 0 Å². The van der Waals surface area contributed by atoms with Crippen molar-refractivity contribution in [2.24, 2.45) is 11.3 Å². The summed E-state index contributed by atoms with van der Waals surface area (Å²) >= 11 is 0. The van der Waals surface area contributed by atoms with Gasteiger partial charge in [-0.15, -0.1) is 0 Å². The number of nitrogens with one attached hydrogen (secondary N) is 1. The Labute approximate surface area is 122 Å². The molecule has 2 amide bonds. The second-order valence-corrected chi connectivity index (χ2v) is 6.12. The Balaban J connectivity index is 4.57. The molecule has 0 rings (SSSR count). The van der Waals surface area contributed by atoms with Crippen LogP contribution in [0.1, 0.15) is 34.1 Å². The molecule has 8 heteroatoms. The summed E-state index contributed by atoms with van der Waals surface area (Å²) in [6, 6.07) is -0.907. The molecule has 21 heavy (non-hydrogen) atoms. The van der Waals surface area contributed by atoms with Gasteiger partial charge < -0.3 is 15.3 Å². The first-order chi connectivity index (χ1) is 9.35. The predicted octanol–water partition coefficient (Wildman–Crippen LogP) is 2.72. The van der Waals surface area contributed by atoms with Gasteiger partial charge in [-0.3, -0.25) is 4.79 Å². The van der Waals surface area contributed by atoms with E-state index in [0.717, 1.165) is 0 Å². The van der Waals surface area contributed by atoms with Crippen LogP contribution in [0.5, 0.6) is 0 Å². The van der Waals surface area contributed by atoms with E-state index in [4.69, 9.17) is 5.11 Å². The fourth-order valence-corrected chi connectivity index (χ4v) is 1.85.